The Morgan fingerprint density at radius 1 is 0.870 bits per heavy atom. The number of nitrogens with zero attached hydrogens (tertiary/aromatic N) is 2. The highest BCUT2D eigenvalue weighted by atomic mass is 35.5. The van der Waals surface area contributed by atoms with Crippen molar-refractivity contribution in [2.45, 2.75) is 6.92 Å². The summed E-state index contributed by atoms with van der Waals surface area (Å²) in [7, 11) is 0. The quantitative estimate of drug-likeness (QED) is 0.628. The van der Waals surface area contributed by atoms with Gasteiger partial charge in [0.05, 0.1) is 11.4 Å². The Balaban J connectivity index is 2.21. The Morgan fingerprint density at radius 2 is 1.48 bits per heavy atom. The van der Waals surface area contributed by atoms with Crippen LogP contribution in [-0.2, 0) is 0 Å². The zero-order valence-corrected chi connectivity index (χ0v) is 14.3. The smallest absolute Gasteiger partial charge is 0.267 e. The largest absolute Gasteiger partial charge is 0.274 e. The first-order chi connectivity index (χ1) is 10.9. The summed E-state index contributed by atoms with van der Waals surface area (Å²) in [6, 6.07) is 13.9. The Kier molecular flexibility index (Phi) is 4.44. The van der Waals surface area contributed by atoms with Crippen molar-refractivity contribution < 1.29 is 0 Å². The summed E-state index contributed by atoms with van der Waals surface area (Å²) in [5.41, 5.74) is 2.39. The van der Waals surface area contributed by atoms with E-state index in [2.05, 4.69) is 5.10 Å². The van der Waals surface area contributed by atoms with E-state index in [9.17, 15) is 4.79 Å². The van der Waals surface area contributed by atoms with Crippen LogP contribution in [0, 0.1) is 6.92 Å². The highest BCUT2D eigenvalue weighted by molar-refractivity contribution is 6.34. The molecule has 0 unspecified atom stereocenters. The van der Waals surface area contributed by atoms with Crippen molar-refractivity contribution in [3.63, 3.8) is 0 Å². The van der Waals surface area contributed by atoms with Gasteiger partial charge in [0.1, 0.15) is 0 Å². The summed E-state index contributed by atoms with van der Waals surface area (Å²) in [4.78, 5) is 12.4. The standard InChI is InChI=1S/C17H11Cl3N2O/c1-10-6-16(11-2-4-12(18)5-3-11)21-22(17(10)23)15-8-13(19)7-14(20)9-15/h2-9H,1H3. The second kappa shape index (κ2) is 6.36. The molecule has 0 aliphatic carbocycles. The molecule has 0 saturated heterocycles. The van der Waals surface area contributed by atoms with Gasteiger partial charge in [-0.2, -0.15) is 9.78 Å². The first kappa shape index (κ1) is 16.1. The van der Waals surface area contributed by atoms with Crippen LogP contribution in [0.1, 0.15) is 5.56 Å². The summed E-state index contributed by atoms with van der Waals surface area (Å²) >= 11 is 18.0. The zero-order chi connectivity index (χ0) is 16.6. The van der Waals surface area contributed by atoms with Crippen LogP contribution < -0.4 is 5.56 Å². The van der Waals surface area contributed by atoms with Crippen molar-refractivity contribution in [3.05, 3.63) is 79.5 Å². The predicted molar refractivity (Wildman–Crippen MR) is 95.0 cm³/mol. The van der Waals surface area contributed by atoms with Gasteiger partial charge in [-0.25, -0.2) is 0 Å². The number of hydrogen-bond acceptors (Lipinski definition) is 2. The summed E-state index contributed by atoms with van der Waals surface area (Å²) in [6.45, 7) is 1.74. The van der Waals surface area contributed by atoms with E-state index >= 15 is 0 Å². The lowest BCUT2D eigenvalue weighted by Crippen LogP contribution is -2.23. The fourth-order valence-electron chi connectivity index (χ4n) is 2.21. The molecule has 1 aromatic heterocycles. The third kappa shape index (κ3) is 3.42. The van der Waals surface area contributed by atoms with E-state index < -0.39 is 0 Å². The molecule has 3 nitrogen and oxygen atoms in total. The van der Waals surface area contributed by atoms with Crippen LogP contribution >= 0.6 is 34.8 Å². The Morgan fingerprint density at radius 3 is 2.09 bits per heavy atom. The summed E-state index contributed by atoms with van der Waals surface area (Å²) in [5.74, 6) is 0. The first-order valence-corrected chi connectivity index (χ1v) is 7.91. The molecule has 1 heterocycles. The van der Waals surface area contributed by atoms with Crippen molar-refractivity contribution in [1.82, 2.24) is 9.78 Å². The predicted octanol–water partition coefficient (Wildman–Crippen LogP) is 5.17. The Labute approximate surface area is 148 Å². The number of benzene rings is 2. The molecule has 0 atom stereocenters. The second-order valence-electron chi connectivity index (χ2n) is 5.06. The molecule has 116 valence electrons. The van der Waals surface area contributed by atoms with Gasteiger partial charge in [-0.05, 0) is 43.3 Å². The third-order valence-electron chi connectivity index (χ3n) is 3.32. The molecule has 0 fully saturated rings. The van der Waals surface area contributed by atoms with Crippen molar-refractivity contribution in [3.8, 4) is 16.9 Å². The molecule has 3 rings (SSSR count). The van der Waals surface area contributed by atoms with Crippen LogP contribution in [0.15, 0.2) is 53.3 Å². The van der Waals surface area contributed by atoms with E-state index in [1.54, 1.807) is 43.3 Å². The van der Waals surface area contributed by atoms with Crippen LogP contribution in [-0.4, -0.2) is 9.78 Å². The normalized spacial score (nSPS) is 10.8. The minimum Gasteiger partial charge on any atom is -0.267 e. The SMILES string of the molecule is Cc1cc(-c2ccc(Cl)cc2)nn(-c2cc(Cl)cc(Cl)c2)c1=O. The molecule has 0 saturated carbocycles. The molecule has 0 aliphatic rings. The molecule has 0 bridgehead atoms. The van der Waals surface area contributed by atoms with Crippen LogP contribution in [0.2, 0.25) is 15.1 Å². The molecular weight excluding hydrogens is 355 g/mol. The van der Waals surface area contributed by atoms with Crippen LogP contribution in [0.3, 0.4) is 0 Å². The maximum Gasteiger partial charge on any atom is 0.274 e. The monoisotopic (exact) mass is 364 g/mol. The molecule has 2 aromatic carbocycles. The minimum atomic E-state index is -0.221. The van der Waals surface area contributed by atoms with Crippen LogP contribution in [0.25, 0.3) is 16.9 Å². The minimum absolute atomic E-state index is 0.221. The van der Waals surface area contributed by atoms with Crippen molar-refractivity contribution >= 4 is 34.8 Å². The van der Waals surface area contributed by atoms with Gasteiger partial charge in [0.15, 0.2) is 0 Å². The lowest BCUT2D eigenvalue weighted by atomic mass is 10.1. The molecular formula is C17H11Cl3N2O. The van der Waals surface area contributed by atoms with Crippen LogP contribution in [0.4, 0.5) is 0 Å². The van der Waals surface area contributed by atoms with E-state index in [-0.39, 0.29) is 5.56 Å². The fourth-order valence-corrected chi connectivity index (χ4v) is 2.85. The van der Waals surface area contributed by atoms with E-state index in [1.807, 2.05) is 12.1 Å². The topological polar surface area (TPSA) is 34.9 Å². The van der Waals surface area contributed by atoms with Crippen LogP contribution in [0.5, 0.6) is 0 Å². The second-order valence-corrected chi connectivity index (χ2v) is 6.37. The molecule has 0 spiro atoms. The number of halogens is 3. The molecule has 3 aromatic rings. The van der Waals surface area contributed by atoms with E-state index in [0.717, 1.165) is 5.56 Å². The number of aryl methyl sites for hydroxylation is 1. The lowest BCUT2D eigenvalue weighted by Gasteiger charge is -2.10. The van der Waals surface area contributed by atoms with Crippen molar-refractivity contribution in [2.75, 3.05) is 0 Å². The number of rotatable bonds is 2. The van der Waals surface area contributed by atoms with Gasteiger partial charge in [0, 0.05) is 26.2 Å². The third-order valence-corrected chi connectivity index (χ3v) is 4.01. The molecule has 0 radical (unpaired) electrons. The molecule has 0 amide bonds. The lowest BCUT2D eigenvalue weighted by molar-refractivity contribution is 0.802. The summed E-state index contributed by atoms with van der Waals surface area (Å²) in [6.07, 6.45) is 0. The Hall–Kier alpha value is -1.81. The first-order valence-electron chi connectivity index (χ1n) is 6.77. The van der Waals surface area contributed by atoms with Gasteiger partial charge >= 0.3 is 0 Å². The van der Waals surface area contributed by atoms with Gasteiger partial charge in [-0.3, -0.25) is 4.79 Å². The average Bonchev–Trinajstić information content (AvgIpc) is 2.49. The molecule has 23 heavy (non-hydrogen) atoms. The van der Waals surface area contributed by atoms with E-state index in [0.29, 0.717) is 32.0 Å². The zero-order valence-electron chi connectivity index (χ0n) is 12.1. The number of hydrogen-bond donors (Lipinski definition) is 0. The maximum atomic E-state index is 12.4. The molecule has 0 aliphatic heterocycles. The van der Waals surface area contributed by atoms with Crippen molar-refractivity contribution in [2.24, 2.45) is 0 Å². The Bertz CT molecular complexity index is 913. The van der Waals surface area contributed by atoms with Gasteiger partial charge < -0.3 is 0 Å². The fraction of sp³-hybridized carbons (Fsp3) is 0.0588. The number of aromatic nitrogens is 2. The highest BCUT2D eigenvalue weighted by Crippen LogP contribution is 2.23. The average molecular weight is 366 g/mol. The van der Waals surface area contributed by atoms with Gasteiger partial charge in [0.2, 0.25) is 0 Å². The maximum absolute atomic E-state index is 12.4. The van der Waals surface area contributed by atoms with Gasteiger partial charge in [-0.1, -0.05) is 46.9 Å². The van der Waals surface area contributed by atoms with E-state index in [1.165, 1.54) is 4.68 Å². The van der Waals surface area contributed by atoms with E-state index in [4.69, 9.17) is 34.8 Å². The van der Waals surface area contributed by atoms with Gasteiger partial charge in [0.25, 0.3) is 5.56 Å². The molecule has 6 heteroatoms. The van der Waals surface area contributed by atoms with Crippen molar-refractivity contribution in [1.29, 1.82) is 0 Å². The summed E-state index contributed by atoms with van der Waals surface area (Å²) in [5, 5.41) is 5.95. The summed E-state index contributed by atoms with van der Waals surface area (Å²) < 4.78 is 1.30. The molecule has 0 N–H and O–H groups in total. The van der Waals surface area contributed by atoms with Gasteiger partial charge in [-0.15, -0.1) is 0 Å². The highest BCUT2D eigenvalue weighted by Gasteiger charge is 2.10.